The van der Waals surface area contributed by atoms with Crippen molar-refractivity contribution in [3.05, 3.63) is 29.8 Å². The number of likely N-dealkylation sites (N-methyl/N-ethyl adjacent to an activating group) is 1. The van der Waals surface area contributed by atoms with Gasteiger partial charge < -0.3 is 15.0 Å². The highest BCUT2D eigenvalue weighted by molar-refractivity contribution is 7.91. The van der Waals surface area contributed by atoms with Gasteiger partial charge in [0.2, 0.25) is 5.91 Å². The first-order chi connectivity index (χ1) is 13.1. The topological polar surface area (TPSA) is 113 Å². The maximum atomic E-state index is 13.0. The number of hydrogen-bond acceptors (Lipinski definition) is 6. The van der Waals surface area contributed by atoms with Crippen LogP contribution in [0, 0.1) is 0 Å². The zero-order chi connectivity index (χ0) is 20.7. The zero-order valence-electron chi connectivity index (χ0n) is 16.0. The molecule has 0 aromatic heterocycles. The fourth-order valence-electron chi connectivity index (χ4n) is 3.50. The van der Waals surface area contributed by atoms with E-state index >= 15 is 0 Å². The van der Waals surface area contributed by atoms with Crippen LogP contribution in [0.1, 0.15) is 18.9 Å². The molecule has 0 radical (unpaired) electrons. The van der Waals surface area contributed by atoms with Crippen molar-refractivity contribution >= 4 is 27.7 Å². The number of methoxy groups -OCH3 is 1. The van der Waals surface area contributed by atoms with E-state index in [1.807, 2.05) is 0 Å². The average molecular weight is 409 g/mol. The third kappa shape index (κ3) is 3.56. The quantitative estimate of drug-likeness (QED) is 0.691. The normalized spacial score (nSPS) is 26.2. The number of carbonyl (C=O) groups excluding carboxylic acids is 3. The van der Waals surface area contributed by atoms with Gasteiger partial charge in [-0.15, -0.1) is 0 Å². The summed E-state index contributed by atoms with van der Waals surface area (Å²) in [6.45, 7) is 1.12. The standard InChI is InChI=1S/C18H23N3O6S/c1-18(12-5-4-6-14(9-12)27-3)16(23)21(17(24)19-18)10-15(22)20(2)13-7-8-28(25,26)11-13/h4-6,9,13H,7-8,10-11H2,1-3H3,(H,19,24). The van der Waals surface area contributed by atoms with Crippen molar-refractivity contribution in [3.8, 4) is 5.75 Å². The van der Waals surface area contributed by atoms with Crippen LogP contribution >= 0.6 is 0 Å². The Morgan fingerprint density at radius 2 is 2.11 bits per heavy atom. The number of nitrogens with zero attached hydrogens (tertiary/aromatic N) is 2. The Morgan fingerprint density at radius 1 is 1.39 bits per heavy atom. The molecule has 0 spiro atoms. The van der Waals surface area contributed by atoms with E-state index in [-0.39, 0.29) is 11.5 Å². The third-order valence-corrected chi connectivity index (χ3v) is 7.12. The lowest BCUT2D eigenvalue weighted by Crippen LogP contribution is -2.46. The second-order valence-electron chi connectivity index (χ2n) is 7.24. The summed E-state index contributed by atoms with van der Waals surface area (Å²) in [4.78, 5) is 40.1. The van der Waals surface area contributed by atoms with Gasteiger partial charge in [-0.05, 0) is 31.0 Å². The zero-order valence-corrected chi connectivity index (χ0v) is 16.8. The smallest absolute Gasteiger partial charge is 0.325 e. The van der Waals surface area contributed by atoms with Crippen molar-refractivity contribution in [1.29, 1.82) is 0 Å². The molecule has 3 rings (SSSR count). The summed E-state index contributed by atoms with van der Waals surface area (Å²) in [5, 5.41) is 2.64. The van der Waals surface area contributed by atoms with Gasteiger partial charge >= 0.3 is 6.03 Å². The first kappa shape index (κ1) is 20.1. The Bertz CT molecular complexity index is 931. The first-order valence-electron chi connectivity index (χ1n) is 8.82. The molecule has 2 saturated heterocycles. The number of ether oxygens (including phenoxy) is 1. The maximum absolute atomic E-state index is 13.0. The molecule has 152 valence electrons. The molecule has 2 heterocycles. The number of rotatable bonds is 5. The summed E-state index contributed by atoms with van der Waals surface area (Å²) in [6, 6.07) is 5.67. The van der Waals surface area contributed by atoms with Gasteiger partial charge in [0.15, 0.2) is 9.84 Å². The van der Waals surface area contributed by atoms with Crippen molar-refractivity contribution in [1.82, 2.24) is 15.1 Å². The monoisotopic (exact) mass is 409 g/mol. The van der Waals surface area contributed by atoms with Crippen LogP contribution in [0.5, 0.6) is 5.75 Å². The van der Waals surface area contributed by atoms with E-state index in [0.717, 1.165) is 4.90 Å². The Labute approximate surface area is 163 Å². The number of imide groups is 1. The molecular weight excluding hydrogens is 386 g/mol. The number of sulfone groups is 1. The summed E-state index contributed by atoms with van der Waals surface area (Å²) in [5.41, 5.74) is -0.781. The first-order valence-corrected chi connectivity index (χ1v) is 10.6. The van der Waals surface area contributed by atoms with E-state index in [9.17, 15) is 22.8 Å². The van der Waals surface area contributed by atoms with E-state index in [0.29, 0.717) is 17.7 Å². The number of carbonyl (C=O) groups is 3. The van der Waals surface area contributed by atoms with Gasteiger partial charge in [0, 0.05) is 13.1 Å². The number of nitrogens with one attached hydrogen (secondary N) is 1. The number of urea groups is 1. The summed E-state index contributed by atoms with van der Waals surface area (Å²) in [7, 11) is -0.155. The van der Waals surface area contributed by atoms with E-state index in [4.69, 9.17) is 4.74 Å². The summed E-state index contributed by atoms with van der Waals surface area (Å²) < 4.78 is 28.4. The van der Waals surface area contributed by atoms with E-state index in [1.165, 1.54) is 19.1 Å². The molecule has 1 aromatic rings. The number of benzene rings is 1. The fourth-order valence-corrected chi connectivity index (χ4v) is 5.28. The van der Waals surface area contributed by atoms with Crippen LogP contribution in [-0.4, -0.2) is 74.3 Å². The van der Waals surface area contributed by atoms with Crippen LogP contribution in [0.25, 0.3) is 0 Å². The predicted molar refractivity (Wildman–Crippen MR) is 100 cm³/mol. The van der Waals surface area contributed by atoms with E-state index < -0.39 is 45.8 Å². The second-order valence-corrected chi connectivity index (χ2v) is 9.47. The minimum Gasteiger partial charge on any atom is -0.497 e. The van der Waals surface area contributed by atoms with Gasteiger partial charge in [0.1, 0.15) is 17.8 Å². The largest absolute Gasteiger partial charge is 0.497 e. The second kappa shape index (κ2) is 7.08. The van der Waals surface area contributed by atoms with Gasteiger partial charge in [0.05, 0.1) is 18.6 Å². The Hall–Kier alpha value is -2.62. The van der Waals surface area contributed by atoms with Gasteiger partial charge in [-0.1, -0.05) is 12.1 Å². The number of hydrogen-bond donors (Lipinski definition) is 1. The van der Waals surface area contributed by atoms with Crippen molar-refractivity contribution in [3.63, 3.8) is 0 Å². The minimum atomic E-state index is -3.15. The van der Waals surface area contributed by atoms with Crippen LogP contribution in [0.2, 0.25) is 0 Å². The van der Waals surface area contributed by atoms with Gasteiger partial charge in [-0.2, -0.15) is 0 Å². The van der Waals surface area contributed by atoms with Crippen LogP contribution in [0.15, 0.2) is 24.3 Å². The molecule has 0 bridgehead atoms. The molecule has 0 saturated carbocycles. The lowest BCUT2D eigenvalue weighted by molar-refractivity contribution is -0.139. The minimum absolute atomic E-state index is 0.0341. The SMILES string of the molecule is COc1cccc(C2(C)NC(=O)N(CC(=O)N(C)C3CCS(=O)(=O)C3)C2=O)c1. The van der Waals surface area contributed by atoms with Crippen LogP contribution in [0.4, 0.5) is 4.79 Å². The Kier molecular flexibility index (Phi) is 5.09. The van der Waals surface area contributed by atoms with Crippen LogP contribution in [0.3, 0.4) is 0 Å². The third-order valence-electron chi connectivity index (χ3n) is 5.36. The molecule has 2 unspecified atom stereocenters. The molecule has 28 heavy (non-hydrogen) atoms. The predicted octanol–water partition coefficient (Wildman–Crippen LogP) is 0.108. The molecule has 2 fully saturated rings. The van der Waals surface area contributed by atoms with Gasteiger partial charge in [-0.25, -0.2) is 13.2 Å². The van der Waals surface area contributed by atoms with Crippen molar-refractivity contribution < 1.29 is 27.5 Å². The number of amides is 4. The molecule has 2 aliphatic heterocycles. The van der Waals surface area contributed by atoms with Gasteiger partial charge in [-0.3, -0.25) is 14.5 Å². The molecule has 2 atom stereocenters. The van der Waals surface area contributed by atoms with E-state index in [2.05, 4.69) is 5.32 Å². The van der Waals surface area contributed by atoms with Crippen LogP contribution in [-0.2, 0) is 25.0 Å². The van der Waals surface area contributed by atoms with Gasteiger partial charge in [0.25, 0.3) is 5.91 Å². The van der Waals surface area contributed by atoms with Crippen molar-refractivity contribution in [2.45, 2.75) is 24.9 Å². The molecule has 1 aromatic carbocycles. The highest BCUT2D eigenvalue weighted by atomic mass is 32.2. The molecule has 9 nitrogen and oxygen atoms in total. The fraction of sp³-hybridized carbons (Fsp3) is 0.500. The molecule has 1 N–H and O–H groups in total. The highest BCUT2D eigenvalue weighted by Gasteiger charge is 2.50. The van der Waals surface area contributed by atoms with Crippen LogP contribution < -0.4 is 10.1 Å². The molecular formula is C18H23N3O6S. The Balaban J connectivity index is 1.75. The molecule has 4 amide bonds. The summed E-state index contributed by atoms with van der Waals surface area (Å²) in [5.74, 6) is -0.562. The molecule has 0 aliphatic carbocycles. The Morgan fingerprint density at radius 3 is 2.71 bits per heavy atom. The molecule has 2 aliphatic rings. The maximum Gasteiger partial charge on any atom is 0.325 e. The lowest BCUT2D eigenvalue weighted by atomic mass is 9.92. The summed E-state index contributed by atoms with van der Waals surface area (Å²) >= 11 is 0. The van der Waals surface area contributed by atoms with E-state index in [1.54, 1.807) is 31.2 Å². The van der Waals surface area contributed by atoms with Crippen molar-refractivity contribution in [2.75, 3.05) is 32.2 Å². The summed E-state index contributed by atoms with van der Waals surface area (Å²) in [6.07, 6.45) is 0.353. The molecule has 10 heteroatoms. The van der Waals surface area contributed by atoms with Crippen molar-refractivity contribution in [2.24, 2.45) is 0 Å². The average Bonchev–Trinajstić information content (AvgIpc) is 3.13. The highest BCUT2D eigenvalue weighted by Crippen LogP contribution is 2.31. The lowest BCUT2D eigenvalue weighted by Gasteiger charge is -2.26.